The van der Waals surface area contributed by atoms with Crippen LogP contribution in [0.5, 0.6) is 11.5 Å². The number of imide groups is 1. The highest BCUT2D eigenvalue weighted by atomic mass is 32.2. The standard InChI is InChI=1S/C21H22N2O7S/c1-4-30-16-10-6-7-12(18(16)29-2)15(11-31(3,27)28)23-20(25)14-9-5-8-13(19(22)24)17(14)21(23)26/h5-10,15H,4,11H2,1-3H3,(H2,22,24). The molecular weight excluding hydrogens is 424 g/mol. The quantitative estimate of drug-likeness (QED) is 0.609. The van der Waals surface area contributed by atoms with Crippen LogP contribution in [-0.2, 0) is 9.84 Å². The average Bonchev–Trinajstić information content (AvgIpc) is 2.96. The first kappa shape index (κ1) is 22.3. The number of ether oxygens (including phenoxy) is 2. The number of nitrogens with zero attached hydrogens (tertiary/aromatic N) is 1. The number of amides is 3. The van der Waals surface area contributed by atoms with Crippen LogP contribution in [-0.4, -0.2) is 56.8 Å². The molecule has 1 aliphatic rings. The lowest BCUT2D eigenvalue weighted by Gasteiger charge is -2.28. The summed E-state index contributed by atoms with van der Waals surface area (Å²) in [6.07, 6.45) is 1.01. The maximum atomic E-state index is 13.3. The minimum atomic E-state index is -3.65. The van der Waals surface area contributed by atoms with Crippen molar-refractivity contribution in [2.24, 2.45) is 5.73 Å². The first-order valence-electron chi connectivity index (χ1n) is 9.38. The fourth-order valence-corrected chi connectivity index (χ4v) is 4.57. The molecule has 10 heteroatoms. The summed E-state index contributed by atoms with van der Waals surface area (Å²) in [6, 6.07) is 7.79. The number of fused-ring (bicyclic) bond motifs is 1. The first-order valence-corrected chi connectivity index (χ1v) is 11.4. The van der Waals surface area contributed by atoms with E-state index in [1.807, 2.05) is 0 Å². The molecular formula is C21H22N2O7S. The average molecular weight is 446 g/mol. The molecule has 0 aliphatic carbocycles. The molecule has 31 heavy (non-hydrogen) atoms. The van der Waals surface area contributed by atoms with Crippen LogP contribution in [0.2, 0.25) is 0 Å². The van der Waals surface area contributed by atoms with Crippen molar-refractivity contribution >= 4 is 27.6 Å². The minimum absolute atomic E-state index is 0.0141. The van der Waals surface area contributed by atoms with Crippen molar-refractivity contribution in [3.8, 4) is 11.5 Å². The van der Waals surface area contributed by atoms with E-state index in [4.69, 9.17) is 15.2 Å². The third-order valence-electron chi connectivity index (χ3n) is 4.86. The van der Waals surface area contributed by atoms with Crippen molar-refractivity contribution in [2.75, 3.05) is 25.7 Å². The van der Waals surface area contributed by atoms with Gasteiger partial charge in [0, 0.05) is 11.8 Å². The van der Waals surface area contributed by atoms with Crippen molar-refractivity contribution in [1.82, 2.24) is 4.90 Å². The molecule has 1 aliphatic heterocycles. The molecule has 2 aromatic carbocycles. The Morgan fingerprint density at radius 3 is 2.39 bits per heavy atom. The van der Waals surface area contributed by atoms with E-state index in [0.29, 0.717) is 12.4 Å². The van der Waals surface area contributed by atoms with Gasteiger partial charge in [0.2, 0.25) is 5.91 Å². The Hall–Kier alpha value is -3.40. The minimum Gasteiger partial charge on any atom is -0.492 e. The smallest absolute Gasteiger partial charge is 0.262 e. The van der Waals surface area contributed by atoms with Crippen LogP contribution < -0.4 is 15.2 Å². The van der Waals surface area contributed by atoms with Crippen molar-refractivity contribution in [1.29, 1.82) is 0 Å². The molecule has 0 fully saturated rings. The van der Waals surface area contributed by atoms with E-state index in [9.17, 15) is 22.8 Å². The van der Waals surface area contributed by atoms with Crippen molar-refractivity contribution in [3.05, 3.63) is 58.7 Å². The first-order chi connectivity index (χ1) is 14.6. The zero-order valence-electron chi connectivity index (χ0n) is 17.2. The molecule has 0 saturated carbocycles. The Balaban J connectivity index is 2.21. The van der Waals surface area contributed by atoms with Gasteiger partial charge in [-0.2, -0.15) is 0 Å². The van der Waals surface area contributed by atoms with Gasteiger partial charge in [-0.15, -0.1) is 0 Å². The fourth-order valence-electron chi connectivity index (χ4n) is 3.66. The van der Waals surface area contributed by atoms with Crippen LogP contribution in [0.25, 0.3) is 0 Å². The number of carbonyl (C=O) groups is 3. The summed E-state index contributed by atoms with van der Waals surface area (Å²) < 4.78 is 35.5. The number of benzene rings is 2. The summed E-state index contributed by atoms with van der Waals surface area (Å²) in [5.74, 6) is -2.38. The van der Waals surface area contributed by atoms with Gasteiger partial charge in [-0.1, -0.05) is 18.2 Å². The van der Waals surface area contributed by atoms with E-state index in [2.05, 4.69) is 0 Å². The second kappa shape index (κ2) is 8.38. The van der Waals surface area contributed by atoms with Gasteiger partial charge in [0.1, 0.15) is 9.84 Å². The summed E-state index contributed by atoms with van der Waals surface area (Å²) in [7, 11) is -2.27. The largest absolute Gasteiger partial charge is 0.492 e. The number of nitrogens with two attached hydrogens (primary N) is 1. The number of hydrogen-bond acceptors (Lipinski definition) is 7. The fraction of sp³-hybridized carbons (Fsp3) is 0.286. The van der Waals surface area contributed by atoms with Gasteiger partial charge >= 0.3 is 0 Å². The number of sulfone groups is 1. The Morgan fingerprint density at radius 1 is 1.13 bits per heavy atom. The Morgan fingerprint density at radius 2 is 1.81 bits per heavy atom. The number of primary amides is 1. The summed E-state index contributed by atoms with van der Waals surface area (Å²) in [5, 5.41) is 0. The lowest BCUT2D eigenvalue weighted by atomic mass is 10.0. The summed E-state index contributed by atoms with van der Waals surface area (Å²) in [4.78, 5) is 39.1. The summed E-state index contributed by atoms with van der Waals surface area (Å²) in [6.45, 7) is 2.10. The van der Waals surface area contributed by atoms with Crippen LogP contribution in [0.3, 0.4) is 0 Å². The van der Waals surface area contributed by atoms with Gasteiger partial charge < -0.3 is 15.2 Å². The molecule has 2 N–H and O–H groups in total. The maximum Gasteiger partial charge on any atom is 0.262 e. The van der Waals surface area contributed by atoms with Crippen LogP contribution >= 0.6 is 0 Å². The van der Waals surface area contributed by atoms with Gasteiger partial charge in [-0.05, 0) is 25.1 Å². The van der Waals surface area contributed by atoms with Gasteiger partial charge in [-0.3, -0.25) is 19.3 Å². The Kier molecular flexibility index (Phi) is 6.03. The molecule has 1 heterocycles. The van der Waals surface area contributed by atoms with E-state index in [1.165, 1.54) is 25.3 Å². The number of methoxy groups -OCH3 is 1. The molecule has 2 aromatic rings. The van der Waals surface area contributed by atoms with E-state index >= 15 is 0 Å². The van der Waals surface area contributed by atoms with Gasteiger partial charge in [-0.25, -0.2) is 8.42 Å². The van der Waals surface area contributed by atoms with E-state index in [-0.39, 0.29) is 28.0 Å². The van der Waals surface area contributed by atoms with Gasteiger partial charge in [0.15, 0.2) is 11.5 Å². The lowest BCUT2D eigenvalue weighted by Crippen LogP contribution is -2.38. The maximum absolute atomic E-state index is 13.3. The Labute approximate surface area is 179 Å². The second-order valence-electron chi connectivity index (χ2n) is 6.99. The van der Waals surface area contributed by atoms with Crippen molar-refractivity contribution < 1.29 is 32.3 Å². The third kappa shape index (κ3) is 4.11. The highest BCUT2D eigenvalue weighted by molar-refractivity contribution is 7.90. The van der Waals surface area contributed by atoms with Crippen LogP contribution in [0.15, 0.2) is 36.4 Å². The molecule has 1 unspecified atom stereocenters. The zero-order valence-corrected chi connectivity index (χ0v) is 18.1. The molecule has 3 amide bonds. The number of para-hydroxylation sites is 1. The molecule has 1 atom stereocenters. The molecule has 0 radical (unpaired) electrons. The molecule has 0 spiro atoms. The van der Waals surface area contributed by atoms with E-state index < -0.39 is 39.4 Å². The molecule has 9 nitrogen and oxygen atoms in total. The van der Waals surface area contributed by atoms with Crippen LogP contribution in [0.4, 0.5) is 0 Å². The highest BCUT2D eigenvalue weighted by Gasteiger charge is 2.44. The number of hydrogen-bond donors (Lipinski definition) is 1. The molecule has 0 aromatic heterocycles. The van der Waals surface area contributed by atoms with Gasteiger partial charge in [0.25, 0.3) is 11.8 Å². The second-order valence-corrected chi connectivity index (χ2v) is 9.18. The molecule has 3 rings (SSSR count). The molecule has 0 saturated heterocycles. The predicted octanol–water partition coefficient (Wildman–Crippen LogP) is 1.57. The molecule has 164 valence electrons. The lowest BCUT2D eigenvalue weighted by molar-refractivity contribution is 0.0594. The Bertz CT molecular complexity index is 1170. The third-order valence-corrected chi connectivity index (χ3v) is 5.78. The normalized spacial score (nSPS) is 14.4. The number of carbonyl (C=O) groups excluding carboxylic acids is 3. The predicted molar refractivity (Wildman–Crippen MR) is 112 cm³/mol. The van der Waals surface area contributed by atoms with E-state index in [0.717, 1.165) is 11.2 Å². The summed E-state index contributed by atoms with van der Waals surface area (Å²) >= 11 is 0. The highest BCUT2D eigenvalue weighted by Crippen LogP contribution is 2.41. The summed E-state index contributed by atoms with van der Waals surface area (Å²) in [5.41, 5.74) is 5.40. The van der Waals surface area contributed by atoms with Gasteiger partial charge in [0.05, 0.1) is 42.2 Å². The topological polar surface area (TPSA) is 133 Å². The van der Waals surface area contributed by atoms with Crippen LogP contribution in [0, 0.1) is 0 Å². The van der Waals surface area contributed by atoms with Crippen LogP contribution in [0.1, 0.15) is 49.6 Å². The van der Waals surface area contributed by atoms with Crippen molar-refractivity contribution in [3.63, 3.8) is 0 Å². The SMILES string of the molecule is CCOc1cccc(C(CS(C)(=O)=O)N2C(=O)c3cccc(C(N)=O)c3C2=O)c1OC. The number of rotatable bonds is 8. The monoisotopic (exact) mass is 446 g/mol. The molecule has 0 bridgehead atoms. The van der Waals surface area contributed by atoms with E-state index in [1.54, 1.807) is 25.1 Å². The zero-order chi connectivity index (χ0) is 22.9. The van der Waals surface area contributed by atoms with Crippen molar-refractivity contribution in [2.45, 2.75) is 13.0 Å².